The Bertz CT molecular complexity index is 708. The summed E-state index contributed by atoms with van der Waals surface area (Å²) in [5.41, 5.74) is 2.03. The fourth-order valence-electron chi connectivity index (χ4n) is 1.86. The average molecular weight is 315 g/mol. The van der Waals surface area contributed by atoms with Gasteiger partial charge in [0, 0.05) is 36.3 Å². The Morgan fingerprint density at radius 3 is 2.81 bits per heavy atom. The van der Waals surface area contributed by atoms with E-state index in [4.69, 9.17) is 0 Å². The molecule has 0 aromatic carbocycles. The SMILES string of the molecule is O=C(NCCc1nc(-c2ccncc2)cs1)c1cccs1. The predicted molar refractivity (Wildman–Crippen MR) is 85.7 cm³/mol. The Kier molecular flexibility index (Phi) is 4.37. The van der Waals surface area contributed by atoms with E-state index in [2.05, 4.69) is 15.3 Å². The molecule has 0 atom stereocenters. The number of amides is 1. The minimum Gasteiger partial charge on any atom is -0.351 e. The van der Waals surface area contributed by atoms with Crippen molar-refractivity contribution >= 4 is 28.6 Å². The number of thiophene rings is 1. The standard InChI is InChI=1S/C15H13N3OS2/c19-15(13-2-1-9-20-13)17-8-5-14-18-12(10-21-14)11-3-6-16-7-4-11/h1-4,6-7,9-10H,5,8H2,(H,17,19). The highest BCUT2D eigenvalue weighted by Gasteiger charge is 2.07. The normalized spacial score (nSPS) is 10.5. The first kappa shape index (κ1) is 13.9. The Morgan fingerprint density at radius 1 is 1.19 bits per heavy atom. The van der Waals surface area contributed by atoms with Gasteiger partial charge in [0.1, 0.15) is 0 Å². The molecule has 4 nitrogen and oxygen atoms in total. The molecule has 3 heterocycles. The van der Waals surface area contributed by atoms with Crippen molar-refractivity contribution in [3.05, 3.63) is 57.3 Å². The zero-order valence-electron chi connectivity index (χ0n) is 11.2. The molecule has 0 aliphatic carbocycles. The van der Waals surface area contributed by atoms with Gasteiger partial charge in [-0.1, -0.05) is 6.07 Å². The summed E-state index contributed by atoms with van der Waals surface area (Å²) < 4.78 is 0. The first-order valence-electron chi connectivity index (χ1n) is 6.49. The van der Waals surface area contributed by atoms with Crippen molar-refractivity contribution in [2.45, 2.75) is 6.42 Å². The van der Waals surface area contributed by atoms with Gasteiger partial charge in [-0.05, 0) is 23.6 Å². The second-order valence-electron chi connectivity index (χ2n) is 4.35. The lowest BCUT2D eigenvalue weighted by molar-refractivity contribution is 0.0958. The fraction of sp³-hybridized carbons (Fsp3) is 0.133. The molecule has 106 valence electrons. The maximum Gasteiger partial charge on any atom is 0.261 e. The molecule has 0 unspecified atom stereocenters. The highest BCUT2D eigenvalue weighted by molar-refractivity contribution is 7.12. The molecule has 6 heteroatoms. The summed E-state index contributed by atoms with van der Waals surface area (Å²) in [7, 11) is 0. The van der Waals surface area contributed by atoms with E-state index in [0.717, 1.165) is 27.6 Å². The van der Waals surface area contributed by atoms with E-state index in [1.807, 2.05) is 35.0 Å². The molecule has 0 saturated carbocycles. The van der Waals surface area contributed by atoms with Crippen LogP contribution in [0.4, 0.5) is 0 Å². The lowest BCUT2D eigenvalue weighted by atomic mass is 10.2. The van der Waals surface area contributed by atoms with E-state index in [1.165, 1.54) is 11.3 Å². The zero-order valence-corrected chi connectivity index (χ0v) is 12.8. The number of aromatic nitrogens is 2. The molecule has 3 rings (SSSR count). The second kappa shape index (κ2) is 6.60. The third-order valence-corrected chi connectivity index (χ3v) is 4.67. The van der Waals surface area contributed by atoms with Gasteiger partial charge in [-0.25, -0.2) is 4.98 Å². The van der Waals surface area contributed by atoms with Crippen LogP contribution in [0.5, 0.6) is 0 Å². The van der Waals surface area contributed by atoms with Crippen LogP contribution in [-0.4, -0.2) is 22.4 Å². The Morgan fingerprint density at radius 2 is 2.05 bits per heavy atom. The third-order valence-electron chi connectivity index (χ3n) is 2.90. The van der Waals surface area contributed by atoms with Gasteiger partial charge in [0.15, 0.2) is 0 Å². The molecular formula is C15H13N3OS2. The highest BCUT2D eigenvalue weighted by Crippen LogP contribution is 2.21. The number of carbonyl (C=O) groups excluding carboxylic acids is 1. The topological polar surface area (TPSA) is 54.9 Å². The molecular weight excluding hydrogens is 302 g/mol. The van der Waals surface area contributed by atoms with Gasteiger partial charge in [0.25, 0.3) is 5.91 Å². The van der Waals surface area contributed by atoms with Crippen LogP contribution in [0.2, 0.25) is 0 Å². The van der Waals surface area contributed by atoms with Gasteiger partial charge in [-0.3, -0.25) is 9.78 Å². The van der Waals surface area contributed by atoms with E-state index >= 15 is 0 Å². The second-order valence-corrected chi connectivity index (χ2v) is 6.24. The molecule has 0 aliphatic heterocycles. The number of thiazole rings is 1. The largest absolute Gasteiger partial charge is 0.351 e. The van der Waals surface area contributed by atoms with E-state index in [-0.39, 0.29) is 5.91 Å². The van der Waals surface area contributed by atoms with E-state index < -0.39 is 0 Å². The Balaban J connectivity index is 1.55. The zero-order chi connectivity index (χ0) is 14.5. The van der Waals surface area contributed by atoms with Crippen LogP contribution in [0.25, 0.3) is 11.3 Å². The summed E-state index contributed by atoms with van der Waals surface area (Å²) in [6.07, 6.45) is 4.26. The lowest BCUT2D eigenvalue weighted by Gasteiger charge is -2.01. The number of hydrogen-bond donors (Lipinski definition) is 1. The number of pyridine rings is 1. The first-order chi connectivity index (χ1) is 10.3. The maximum absolute atomic E-state index is 11.8. The number of hydrogen-bond acceptors (Lipinski definition) is 5. The summed E-state index contributed by atoms with van der Waals surface area (Å²) in [6.45, 7) is 0.597. The van der Waals surface area contributed by atoms with Gasteiger partial charge < -0.3 is 5.32 Å². The Hall–Kier alpha value is -2.05. The summed E-state index contributed by atoms with van der Waals surface area (Å²) >= 11 is 3.06. The summed E-state index contributed by atoms with van der Waals surface area (Å²) in [5.74, 6) is -0.0177. The first-order valence-corrected chi connectivity index (χ1v) is 8.25. The quantitative estimate of drug-likeness (QED) is 0.786. The van der Waals surface area contributed by atoms with Gasteiger partial charge >= 0.3 is 0 Å². The molecule has 0 fully saturated rings. The summed E-state index contributed by atoms with van der Waals surface area (Å²) in [4.78, 5) is 21.1. The molecule has 0 bridgehead atoms. The van der Waals surface area contributed by atoms with E-state index in [1.54, 1.807) is 23.7 Å². The number of rotatable bonds is 5. The van der Waals surface area contributed by atoms with Gasteiger partial charge in [-0.15, -0.1) is 22.7 Å². The van der Waals surface area contributed by atoms with Crippen molar-refractivity contribution in [1.29, 1.82) is 0 Å². The van der Waals surface area contributed by atoms with E-state index in [9.17, 15) is 4.79 Å². The minimum atomic E-state index is -0.0177. The van der Waals surface area contributed by atoms with Crippen LogP contribution < -0.4 is 5.32 Å². The number of nitrogens with zero attached hydrogens (tertiary/aromatic N) is 2. The summed E-state index contributed by atoms with van der Waals surface area (Å²) in [6, 6.07) is 7.58. The van der Waals surface area contributed by atoms with Crippen LogP contribution in [0.15, 0.2) is 47.4 Å². The van der Waals surface area contributed by atoms with Crippen molar-refractivity contribution < 1.29 is 4.79 Å². The van der Waals surface area contributed by atoms with Crippen LogP contribution in [0, 0.1) is 0 Å². The molecule has 3 aromatic rings. The fourth-order valence-corrected chi connectivity index (χ4v) is 3.31. The highest BCUT2D eigenvalue weighted by atomic mass is 32.1. The molecule has 0 aliphatic rings. The van der Waals surface area contributed by atoms with Crippen molar-refractivity contribution in [3.8, 4) is 11.3 Å². The summed E-state index contributed by atoms with van der Waals surface area (Å²) in [5, 5.41) is 7.87. The molecule has 0 spiro atoms. The van der Waals surface area contributed by atoms with Crippen molar-refractivity contribution in [2.75, 3.05) is 6.54 Å². The molecule has 0 radical (unpaired) electrons. The monoisotopic (exact) mass is 315 g/mol. The van der Waals surface area contributed by atoms with Gasteiger partial charge in [-0.2, -0.15) is 0 Å². The van der Waals surface area contributed by atoms with Crippen LogP contribution in [0.1, 0.15) is 14.7 Å². The molecule has 3 aromatic heterocycles. The average Bonchev–Trinajstić information content (AvgIpc) is 3.20. The minimum absolute atomic E-state index is 0.0177. The van der Waals surface area contributed by atoms with E-state index in [0.29, 0.717) is 6.54 Å². The maximum atomic E-state index is 11.8. The molecule has 1 amide bonds. The smallest absolute Gasteiger partial charge is 0.261 e. The van der Waals surface area contributed by atoms with Crippen LogP contribution in [-0.2, 0) is 6.42 Å². The van der Waals surface area contributed by atoms with Crippen molar-refractivity contribution in [1.82, 2.24) is 15.3 Å². The third kappa shape index (κ3) is 3.53. The molecule has 21 heavy (non-hydrogen) atoms. The number of carbonyl (C=O) groups is 1. The van der Waals surface area contributed by atoms with Crippen molar-refractivity contribution in [2.24, 2.45) is 0 Å². The van der Waals surface area contributed by atoms with Gasteiger partial charge in [0.05, 0.1) is 15.6 Å². The van der Waals surface area contributed by atoms with Crippen molar-refractivity contribution in [3.63, 3.8) is 0 Å². The predicted octanol–water partition coefficient (Wildman–Crippen LogP) is 3.24. The van der Waals surface area contributed by atoms with Crippen LogP contribution in [0.3, 0.4) is 0 Å². The van der Waals surface area contributed by atoms with Crippen LogP contribution >= 0.6 is 22.7 Å². The molecule has 1 N–H and O–H groups in total. The molecule has 0 saturated heterocycles. The lowest BCUT2D eigenvalue weighted by Crippen LogP contribution is -2.24. The Labute approximate surface area is 130 Å². The van der Waals surface area contributed by atoms with Gasteiger partial charge in [0.2, 0.25) is 0 Å². The number of nitrogens with one attached hydrogen (secondary N) is 1.